The highest BCUT2D eigenvalue weighted by molar-refractivity contribution is 8.00. The van der Waals surface area contributed by atoms with Crippen LogP contribution in [-0.2, 0) is 11.8 Å². The number of hydrogen-bond donors (Lipinski definition) is 1. The van der Waals surface area contributed by atoms with E-state index in [-0.39, 0.29) is 5.91 Å². The molecule has 0 saturated carbocycles. The molecule has 1 aromatic heterocycles. The zero-order chi connectivity index (χ0) is 23.2. The third-order valence-corrected chi connectivity index (χ3v) is 6.52. The van der Waals surface area contributed by atoms with Crippen molar-refractivity contribution >= 4 is 23.4 Å². The Kier molecular flexibility index (Phi) is 7.10. The minimum absolute atomic E-state index is 0.154. The molecule has 6 nitrogen and oxygen atoms in total. The SMILES string of the molecule is CCOc1ccccc1NC(=O)C(Sc1nnc(-c2ccccc2C)n1C)c1ccccc1. The minimum atomic E-state index is -0.520. The van der Waals surface area contributed by atoms with Gasteiger partial charge in [-0.15, -0.1) is 10.2 Å². The van der Waals surface area contributed by atoms with Crippen LogP contribution in [0.25, 0.3) is 11.4 Å². The molecule has 1 heterocycles. The Balaban J connectivity index is 1.65. The Hall–Kier alpha value is -3.58. The number of benzene rings is 3. The molecule has 3 aromatic carbocycles. The Bertz CT molecular complexity index is 1240. The van der Waals surface area contributed by atoms with Crippen molar-refractivity contribution in [2.24, 2.45) is 7.05 Å². The minimum Gasteiger partial charge on any atom is -0.492 e. The van der Waals surface area contributed by atoms with Gasteiger partial charge in [0.25, 0.3) is 0 Å². The normalized spacial score (nSPS) is 11.7. The molecular weight excluding hydrogens is 432 g/mol. The van der Waals surface area contributed by atoms with E-state index in [4.69, 9.17) is 4.74 Å². The Labute approximate surface area is 198 Å². The summed E-state index contributed by atoms with van der Waals surface area (Å²) in [5, 5.41) is 12.0. The zero-order valence-corrected chi connectivity index (χ0v) is 19.7. The second-order valence-electron chi connectivity index (χ2n) is 7.51. The number of hydrogen-bond acceptors (Lipinski definition) is 5. The number of thioether (sulfide) groups is 1. The second-order valence-corrected chi connectivity index (χ2v) is 8.58. The first-order valence-electron chi connectivity index (χ1n) is 10.8. The van der Waals surface area contributed by atoms with Crippen molar-refractivity contribution in [1.82, 2.24) is 14.8 Å². The van der Waals surface area contributed by atoms with Crippen LogP contribution < -0.4 is 10.1 Å². The number of para-hydroxylation sites is 2. The van der Waals surface area contributed by atoms with Gasteiger partial charge in [0.1, 0.15) is 11.0 Å². The highest BCUT2D eigenvalue weighted by atomic mass is 32.2. The molecule has 33 heavy (non-hydrogen) atoms. The van der Waals surface area contributed by atoms with Crippen LogP contribution >= 0.6 is 11.8 Å². The lowest BCUT2D eigenvalue weighted by Gasteiger charge is -2.18. The van der Waals surface area contributed by atoms with E-state index in [2.05, 4.69) is 15.5 Å². The number of aromatic nitrogens is 3. The van der Waals surface area contributed by atoms with E-state index in [1.807, 2.05) is 104 Å². The maximum absolute atomic E-state index is 13.5. The molecule has 0 aliphatic heterocycles. The number of anilines is 1. The smallest absolute Gasteiger partial charge is 0.242 e. The predicted octanol–water partition coefficient (Wildman–Crippen LogP) is 5.66. The number of nitrogens with one attached hydrogen (secondary N) is 1. The Morgan fingerprint density at radius 3 is 2.45 bits per heavy atom. The van der Waals surface area contributed by atoms with Crippen LogP contribution in [0.4, 0.5) is 5.69 Å². The summed E-state index contributed by atoms with van der Waals surface area (Å²) in [6.07, 6.45) is 0. The molecule has 0 radical (unpaired) electrons. The summed E-state index contributed by atoms with van der Waals surface area (Å²) in [6.45, 7) is 4.48. The summed E-state index contributed by atoms with van der Waals surface area (Å²) in [6, 6.07) is 25.2. The van der Waals surface area contributed by atoms with E-state index < -0.39 is 5.25 Å². The van der Waals surface area contributed by atoms with Gasteiger partial charge in [-0.3, -0.25) is 4.79 Å². The monoisotopic (exact) mass is 458 g/mol. The van der Waals surface area contributed by atoms with Crippen LogP contribution in [-0.4, -0.2) is 27.3 Å². The van der Waals surface area contributed by atoms with Crippen molar-refractivity contribution in [3.63, 3.8) is 0 Å². The van der Waals surface area contributed by atoms with E-state index >= 15 is 0 Å². The molecule has 4 aromatic rings. The fraction of sp³-hybridized carbons (Fsp3) is 0.192. The summed E-state index contributed by atoms with van der Waals surface area (Å²) in [5.74, 6) is 1.26. The molecule has 1 amide bonds. The lowest BCUT2D eigenvalue weighted by Crippen LogP contribution is -2.20. The van der Waals surface area contributed by atoms with Crippen LogP contribution in [0.15, 0.2) is 84.0 Å². The molecule has 0 saturated heterocycles. The van der Waals surface area contributed by atoms with Crippen LogP contribution in [0.5, 0.6) is 5.75 Å². The van der Waals surface area contributed by atoms with Crippen LogP contribution in [0.3, 0.4) is 0 Å². The lowest BCUT2D eigenvalue weighted by molar-refractivity contribution is -0.115. The molecule has 0 fully saturated rings. The standard InChI is InChI=1S/C26H26N4O2S/c1-4-32-22-17-11-10-16-21(22)27-25(31)23(19-13-6-5-7-14-19)33-26-29-28-24(30(26)3)20-15-9-8-12-18(20)2/h5-17,23H,4H2,1-3H3,(H,27,31). The average Bonchev–Trinajstić information content (AvgIpc) is 3.19. The summed E-state index contributed by atoms with van der Waals surface area (Å²) in [5.41, 5.74) is 3.67. The highest BCUT2D eigenvalue weighted by Gasteiger charge is 2.26. The molecule has 1 unspecified atom stereocenters. The molecule has 1 N–H and O–H groups in total. The number of carbonyl (C=O) groups excluding carboxylic acids is 1. The van der Waals surface area contributed by atoms with E-state index in [0.29, 0.717) is 23.2 Å². The molecule has 1 atom stereocenters. The maximum atomic E-state index is 13.5. The van der Waals surface area contributed by atoms with Crippen molar-refractivity contribution in [2.45, 2.75) is 24.3 Å². The topological polar surface area (TPSA) is 69.0 Å². The molecular formula is C26H26N4O2S. The van der Waals surface area contributed by atoms with Gasteiger partial charge in [-0.2, -0.15) is 0 Å². The number of amides is 1. The number of nitrogens with zero attached hydrogens (tertiary/aromatic N) is 3. The van der Waals surface area contributed by atoms with Gasteiger partial charge < -0.3 is 14.6 Å². The Morgan fingerprint density at radius 2 is 1.70 bits per heavy atom. The number of ether oxygens (including phenoxy) is 1. The predicted molar refractivity (Wildman–Crippen MR) is 132 cm³/mol. The van der Waals surface area contributed by atoms with Gasteiger partial charge in [0.05, 0.1) is 12.3 Å². The third-order valence-electron chi connectivity index (χ3n) is 5.23. The summed E-state index contributed by atoms with van der Waals surface area (Å²) in [7, 11) is 1.93. The van der Waals surface area contributed by atoms with Crippen molar-refractivity contribution in [2.75, 3.05) is 11.9 Å². The van der Waals surface area contributed by atoms with E-state index in [1.54, 1.807) is 0 Å². The Morgan fingerprint density at radius 1 is 1.00 bits per heavy atom. The molecule has 0 aliphatic rings. The van der Waals surface area contributed by atoms with E-state index in [1.165, 1.54) is 11.8 Å². The van der Waals surface area contributed by atoms with Crippen molar-refractivity contribution in [3.8, 4) is 17.1 Å². The zero-order valence-electron chi connectivity index (χ0n) is 18.9. The largest absolute Gasteiger partial charge is 0.492 e. The molecule has 0 aliphatic carbocycles. The van der Waals surface area contributed by atoms with Crippen LogP contribution in [0.1, 0.15) is 23.3 Å². The van der Waals surface area contributed by atoms with Gasteiger partial charge in [0, 0.05) is 12.6 Å². The van der Waals surface area contributed by atoms with Gasteiger partial charge in [-0.05, 0) is 37.1 Å². The van der Waals surface area contributed by atoms with Gasteiger partial charge in [0.15, 0.2) is 11.0 Å². The first kappa shape index (κ1) is 22.6. The fourth-order valence-corrected chi connectivity index (χ4v) is 4.53. The highest BCUT2D eigenvalue weighted by Crippen LogP contribution is 2.37. The molecule has 4 rings (SSSR count). The fourth-order valence-electron chi connectivity index (χ4n) is 3.53. The third kappa shape index (κ3) is 5.09. The van der Waals surface area contributed by atoms with Crippen molar-refractivity contribution in [1.29, 1.82) is 0 Å². The van der Waals surface area contributed by atoms with Gasteiger partial charge in [-0.25, -0.2) is 0 Å². The van der Waals surface area contributed by atoms with Crippen molar-refractivity contribution < 1.29 is 9.53 Å². The molecule has 168 valence electrons. The first-order chi connectivity index (χ1) is 16.1. The van der Waals surface area contributed by atoms with Crippen molar-refractivity contribution in [3.05, 3.63) is 90.0 Å². The summed E-state index contributed by atoms with van der Waals surface area (Å²) < 4.78 is 7.61. The van der Waals surface area contributed by atoms with E-state index in [0.717, 1.165) is 22.5 Å². The number of aryl methyl sites for hydroxylation is 1. The summed E-state index contributed by atoms with van der Waals surface area (Å²) >= 11 is 1.37. The first-order valence-corrected chi connectivity index (χ1v) is 11.7. The van der Waals surface area contributed by atoms with E-state index in [9.17, 15) is 4.79 Å². The molecule has 0 bridgehead atoms. The second kappa shape index (κ2) is 10.4. The molecule has 0 spiro atoms. The van der Waals surface area contributed by atoms with Gasteiger partial charge in [-0.1, -0.05) is 78.5 Å². The quantitative estimate of drug-likeness (QED) is 0.345. The van der Waals surface area contributed by atoms with Crippen LogP contribution in [0, 0.1) is 6.92 Å². The van der Waals surface area contributed by atoms with Gasteiger partial charge >= 0.3 is 0 Å². The number of rotatable bonds is 8. The summed E-state index contributed by atoms with van der Waals surface area (Å²) in [4.78, 5) is 13.5. The average molecular weight is 459 g/mol. The van der Waals surface area contributed by atoms with Crippen LogP contribution in [0.2, 0.25) is 0 Å². The maximum Gasteiger partial charge on any atom is 0.242 e. The number of carbonyl (C=O) groups is 1. The van der Waals surface area contributed by atoms with Gasteiger partial charge in [0.2, 0.25) is 5.91 Å². The lowest BCUT2D eigenvalue weighted by atomic mass is 10.1. The molecule has 7 heteroatoms.